The number of benzene rings is 2. The van der Waals surface area contributed by atoms with Crippen LogP contribution in [0.2, 0.25) is 0 Å². The van der Waals surface area contributed by atoms with E-state index in [2.05, 4.69) is 0 Å². The van der Waals surface area contributed by atoms with Gasteiger partial charge in [0, 0.05) is 31.8 Å². The first kappa shape index (κ1) is 18.2. The molecule has 4 heteroatoms. The molecule has 0 aliphatic carbocycles. The van der Waals surface area contributed by atoms with E-state index in [0.29, 0.717) is 25.8 Å². The highest BCUT2D eigenvalue weighted by Gasteiger charge is 2.27. The molecule has 1 heterocycles. The van der Waals surface area contributed by atoms with Crippen LogP contribution in [-0.2, 0) is 22.4 Å². The number of carbonyl (C=O) groups excluding carboxylic acids is 2. The van der Waals surface area contributed by atoms with Gasteiger partial charge in [0.1, 0.15) is 11.5 Å². The molecule has 1 amide bonds. The van der Waals surface area contributed by atoms with Crippen LogP contribution in [0.15, 0.2) is 54.6 Å². The second kappa shape index (κ2) is 8.65. The predicted molar refractivity (Wildman–Crippen MR) is 101 cm³/mol. The number of ketones is 1. The number of hydrogen-bond donors (Lipinski definition) is 1. The van der Waals surface area contributed by atoms with Gasteiger partial charge >= 0.3 is 0 Å². The SMILES string of the molecule is O=C(Cc1ccccc1)C1CCCN(C(=O)CCc2ccc(O)cc2)C1. The first-order valence-electron chi connectivity index (χ1n) is 9.24. The third kappa shape index (κ3) is 4.94. The molecule has 0 radical (unpaired) electrons. The highest BCUT2D eigenvalue weighted by Crippen LogP contribution is 2.20. The third-order valence-corrected chi connectivity index (χ3v) is 5.01. The minimum Gasteiger partial charge on any atom is -0.508 e. The monoisotopic (exact) mass is 351 g/mol. The molecule has 1 saturated heterocycles. The lowest BCUT2D eigenvalue weighted by molar-refractivity contribution is -0.135. The van der Waals surface area contributed by atoms with Gasteiger partial charge in [0.15, 0.2) is 0 Å². The molecule has 1 fully saturated rings. The molecular formula is C22H25NO3. The number of piperidine rings is 1. The van der Waals surface area contributed by atoms with Crippen molar-refractivity contribution in [2.75, 3.05) is 13.1 Å². The van der Waals surface area contributed by atoms with Gasteiger partial charge in [-0.25, -0.2) is 0 Å². The maximum atomic E-state index is 12.6. The van der Waals surface area contributed by atoms with Crippen molar-refractivity contribution in [2.24, 2.45) is 5.92 Å². The smallest absolute Gasteiger partial charge is 0.222 e. The summed E-state index contributed by atoms with van der Waals surface area (Å²) < 4.78 is 0. The van der Waals surface area contributed by atoms with E-state index >= 15 is 0 Å². The molecule has 0 spiro atoms. The molecule has 1 aliphatic heterocycles. The summed E-state index contributed by atoms with van der Waals surface area (Å²) in [5.41, 5.74) is 2.07. The first-order chi connectivity index (χ1) is 12.6. The van der Waals surface area contributed by atoms with Gasteiger partial charge in [-0.05, 0) is 42.5 Å². The van der Waals surface area contributed by atoms with E-state index in [1.807, 2.05) is 47.4 Å². The van der Waals surface area contributed by atoms with Crippen molar-refractivity contribution in [1.29, 1.82) is 0 Å². The molecule has 136 valence electrons. The van der Waals surface area contributed by atoms with Crippen LogP contribution >= 0.6 is 0 Å². The number of hydrogen-bond acceptors (Lipinski definition) is 3. The van der Waals surface area contributed by atoms with E-state index in [4.69, 9.17) is 0 Å². The predicted octanol–water partition coefficient (Wildman–Crippen LogP) is 3.38. The average molecular weight is 351 g/mol. The van der Waals surface area contributed by atoms with Crippen molar-refractivity contribution < 1.29 is 14.7 Å². The lowest BCUT2D eigenvalue weighted by Crippen LogP contribution is -2.42. The number of likely N-dealkylation sites (tertiary alicyclic amines) is 1. The van der Waals surface area contributed by atoms with E-state index in [1.165, 1.54) is 0 Å². The highest BCUT2D eigenvalue weighted by atomic mass is 16.3. The quantitative estimate of drug-likeness (QED) is 0.868. The number of nitrogens with zero attached hydrogens (tertiary/aromatic N) is 1. The van der Waals surface area contributed by atoms with Crippen LogP contribution in [-0.4, -0.2) is 34.8 Å². The van der Waals surface area contributed by atoms with Crippen molar-refractivity contribution in [1.82, 2.24) is 4.90 Å². The zero-order chi connectivity index (χ0) is 18.4. The van der Waals surface area contributed by atoms with Gasteiger partial charge in [-0.2, -0.15) is 0 Å². The number of Topliss-reactive ketones (excluding diaryl/α,β-unsaturated/α-hetero) is 1. The topological polar surface area (TPSA) is 57.6 Å². The molecule has 3 rings (SSSR count). The molecule has 1 unspecified atom stereocenters. The summed E-state index contributed by atoms with van der Waals surface area (Å²) in [7, 11) is 0. The van der Waals surface area contributed by atoms with E-state index < -0.39 is 0 Å². The Bertz CT molecular complexity index is 740. The Morgan fingerprint density at radius 3 is 2.46 bits per heavy atom. The number of rotatable bonds is 6. The molecular weight excluding hydrogens is 326 g/mol. The Balaban J connectivity index is 1.51. The molecule has 0 saturated carbocycles. The Labute approximate surface area is 154 Å². The summed E-state index contributed by atoms with van der Waals surface area (Å²) >= 11 is 0. The maximum absolute atomic E-state index is 12.6. The Hall–Kier alpha value is -2.62. The molecule has 4 nitrogen and oxygen atoms in total. The molecule has 2 aromatic carbocycles. The zero-order valence-corrected chi connectivity index (χ0v) is 14.9. The van der Waals surface area contributed by atoms with Gasteiger partial charge in [0.2, 0.25) is 5.91 Å². The van der Waals surface area contributed by atoms with Crippen LogP contribution in [0.1, 0.15) is 30.4 Å². The molecule has 1 atom stereocenters. The number of aryl methyl sites for hydroxylation is 1. The second-order valence-corrected chi connectivity index (χ2v) is 6.97. The molecule has 26 heavy (non-hydrogen) atoms. The molecule has 1 aliphatic rings. The molecule has 0 aromatic heterocycles. The number of carbonyl (C=O) groups is 2. The average Bonchev–Trinajstić information content (AvgIpc) is 2.68. The largest absolute Gasteiger partial charge is 0.508 e. The normalized spacial score (nSPS) is 17.1. The van der Waals surface area contributed by atoms with Crippen LogP contribution in [0, 0.1) is 5.92 Å². The summed E-state index contributed by atoms with van der Waals surface area (Å²) in [5.74, 6) is 0.514. The van der Waals surface area contributed by atoms with Crippen molar-refractivity contribution in [2.45, 2.75) is 32.1 Å². The van der Waals surface area contributed by atoms with E-state index in [1.54, 1.807) is 12.1 Å². The van der Waals surface area contributed by atoms with Crippen LogP contribution in [0.4, 0.5) is 0 Å². The number of phenols is 1. The molecule has 0 bridgehead atoms. The van der Waals surface area contributed by atoms with Crippen molar-refractivity contribution in [3.8, 4) is 5.75 Å². The van der Waals surface area contributed by atoms with Crippen LogP contribution in [0.25, 0.3) is 0 Å². The van der Waals surface area contributed by atoms with E-state index in [-0.39, 0.29) is 23.4 Å². The van der Waals surface area contributed by atoms with Gasteiger partial charge in [-0.3, -0.25) is 9.59 Å². The van der Waals surface area contributed by atoms with Crippen LogP contribution < -0.4 is 0 Å². The number of aromatic hydroxyl groups is 1. The van der Waals surface area contributed by atoms with Gasteiger partial charge in [0.05, 0.1) is 0 Å². The minimum atomic E-state index is -0.0541. The zero-order valence-electron chi connectivity index (χ0n) is 14.9. The van der Waals surface area contributed by atoms with Gasteiger partial charge in [-0.15, -0.1) is 0 Å². The van der Waals surface area contributed by atoms with Gasteiger partial charge in [0.25, 0.3) is 0 Å². The molecule has 1 N–H and O–H groups in total. The second-order valence-electron chi connectivity index (χ2n) is 6.97. The Morgan fingerprint density at radius 1 is 1.00 bits per heavy atom. The fraction of sp³-hybridized carbons (Fsp3) is 0.364. The Kier molecular flexibility index (Phi) is 6.05. The van der Waals surface area contributed by atoms with E-state index in [0.717, 1.165) is 30.5 Å². The standard InChI is InChI=1S/C22H25NO3/c24-20-11-8-17(9-12-20)10-13-22(26)23-14-4-7-19(16-23)21(25)15-18-5-2-1-3-6-18/h1-3,5-6,8-9,11-12,19,24H,4,7,10,13-16H2. The van der Waals surface area contributed by atoms with Crippen LogP contribution in [0.5, 0.6) is 5.75 Å². The lowest BCUT2D eigenvalue weighted by Gasteiger charge is -2.32. The van der Waals surface area contributed by atoms with Crippen molar-refractivity contribution in [3.05, 3.63) is 65.7 Å². The summed E-state index contributed by atoms with van der Waals surface area (Å²) in [6.45, 7) is 1.28. The van der Waals surface area contributed by atoms with Crippen LogP contribution in [0.3, 0.4) is 0 Å². The first-order valence-corrected chi connectivity index (χ1v) is 9.24. The fourth-order valence-corrected chi connectivity index (χ4v) is 3.48. The third-order valence-electron chi connectivity index (χ3n) is 5.01. The van der Waals surface area contributed by atoms with Crippen molar-refractivity contribution >= 4 is 11.7 Å². The van der Waals surface area contributed by atoms with E-state index in [9.17, 15) is 14.7 Å². The molecule has 2 aromatic rings. The Morgan fingerprint density at radius 2 is 1.73 bits per heavy atom. The van der Waals surface area contributed by atoms with Gasteiger partial charge < -0.3 is 10.0 Å². The summed E-state index contributed by atoms with van der Waals surface area (Å²) in [5, 5.41) is 9.32. The summed E-state index contributed by atoms with van der Waals surface area (Å²) in [4.78, 5) is 27.0. The summed E-state index contributed by atoms with van der Waals surface area (Å²) in [6.07, 6.45) is 3.28. The summed E-state index contributed by atoms with van der Waals surface area (Å²) in [6, 6.07) is 16.7. The van der Waals surface area contributed by atoms with Gasteiger partial charge in [-0.1, -0.05) is 42.5 Å². The number of phenolic OH excluding ortho intramolecular Hbond substituents is 1. The maximum Gasteiger partial charge on any atom is 0.222 e. The number of amides is 1. The minimum absolute atomic E-state index is 0.0541. The highest BCUT2D eigenvalue weighted by molar-refractivity contribution is 5.84. The van der Waals surface area contributed by atoms with Crippen molar-refractivity contribution in [3.63, 3.8) is 0 Å². The lowest BCUT2D eigenvalue weighted by atomic mass is 9.90. The fourth-order valence-electron chi connectivity index (χ4n) is 3.48.